The number of aryl methyl sites for hydroxylation is 1. The van der Waals surface area contributed by atoms with Crippen LogP contribution < -0.4 is 10.1 Å². The van der Waals surface area contributed by atoms with Crippen LogP contribution in [0.25, 0.3) is 5.69 Å². The van der Waals surface area contributed by atoms with Gasteiger partial charge in [0.1, 0.15) is 11.6 Å². The number of hydrogen-bond acceptors (Lipinski definition) is 4. The molecule has 1 aliphatic carbocycles. The van der Waals surface area contributed by atoms with Crippen LogP contribution in [0.3, 0.4) is 0 Å². The predicted octanol–water partition coefficient (Wildman–Crippen LogP) is 3.36. The molecule has 0 saturated carbocycles. The molecule has 2 aromatic heterocycles. The summed E-state index contributed by atoms with van der Waals surface area (Å²) in [5.41, 5.74) is 2.52. The third-order valence-corrected chi connectivity index (χ3v) is 4.57. The number of benzene rings is 1. The average Bonchev–Trinajstić information content (AvgIpc) is 3.23. The van der Waals surface area contributed by atoms with E-state index in [0.29, 0.717) is 25.3 Å². The van der Waals surface area contributed by atoms with E-state index in [0.717, 1.165) is 35.1 Å². The summed E-state index contributed by atoms with van der Waals surface area (Å²) in [7, 11) is 0. The lowest BCUT2D eigenvalue weighted by Crippen LogP contribution is -2.27. The van der Waals surface area contributed by atoms with Crippen molar-refractivity contribution in [2.75, 3.05) is 6.61 Å². The van der Waals surface area contributed by atoms with Gasteiger partial charge in [-0.3, -0.25) is 4.79 Å². The number of hydrogen-bond donors (Lipinski definition) is 1. The van der Waals surface area contributed by atoms with Crippen molar-refractivity contribution < 1.29 is 18.3 Å². The Hall–Kier alpha value is -3.29. The normalized spacial score (nSPS) is 15.3. The number of rotatable bonds is 5. The minimum atomic E-state index is -0.784. The molecular formula is C20H18F2N4O2. The zero-order chi connectivity index (χ0) is 19.7. The first kappa shape index (κ1) is 18.1. The Morgan fingerprint density at radius 1 is 1.29 bits per heavy atom. The molecule has 4 rings (SSSR count). The maximum Gasteiger partial charge on any atom is 0.251 e. The number of ether oxygens (including phenoxy) is 1. The Bertz CT molecular complexity index is 1010. The first-order chi connectivity index (χ1) is 13.5. The number of halogens is 2. The number of carbonyl (C=O) groups is 1. The number of amides is 1. The summed E-state index contributed by atoms with van der Waals surface area (Å²) in [5, 5.41) is 7.42. The molecule has 3 aromatic rings. The van der Waals surface area contributed by atoms with Crippen LogP contribution in [0.15, 0.2) is 42.7 Å². The Morgan fingerprint density at radius 3 is 2.82 bits per heavy atom. The summed E-state index contributed by atoms with van der Waals surface area (Å²) in [6.45, 7) is 2.40. The van der Waals surface area contributed by atoms with Gasteiger partial charge in [-0.05, 0) is 38.0 Å². The lowest BCUT2D eigenvalue weighted by molar-refractivity contribution is 0.0935. The average molecular weight is 384 g/mol. The topological polar surface area (TPSA) is 69.0 Å². The molecule has 0 saturated heterocycles. The van der Waals surface area contributed by atoms with Gasteiger partial charge in [0.15, 0.2) is 0 Å². The van der Waals surface area contributed by atoms with Gasteiger partial charge < -0.3 is 10.1 Å². The van der Waals surface area contributed by atoms with Crippen LogP contribution in [0.2, 0.25) is 0 Å². The molecule has 0 unspecified atom stereocenters. The SMILES string of the molecule is CCOc1cc(-n2cc3c(n2)CC[C@@H]3NC(=O)c2cc(F)cc(F)c2)ccn1. The molecular weight excluding hydrogens is 366 g/mol. The Morgan fingerprint density at radius 2 is 2.07 bits per heavy atom. The number of nitrogens with one attached hydrogen (secondary N) is 1. The maximum absolute atomic E-state index is 13.4. The van der Waals surface area contributed by atoms with Gasteiger partial charge in [-0.2, -0.15) is 5.10 Å². The fourth-order valence-electron chi connectivity index (χ4n) is 3.32. The Labute approximate surface area is 160 Å². The second kappa shape index (κ2) is 7.38. The highest BCUT2D eigenvalue weighted by Crippen LogP contribution is 2.31. The van der Waals surface area contributed by atoms with Gasteiger partial charge >= 0.3 is 0 Å². The molecule has 2 heterocycles. The maximum atomic E-state index is 13.4. The summed E-state index contributed by atoms with van der Waals surface area (Å²) in [6.07, 6.45) is 4.88. The highest BCUT2D eigenvalue weighted by Gasteiger charge is 2.28. The van der Waals surface area contributed by atoms with Gasteiger partial charge in [0.25, 0.3) is 5.91 Å². The number of carbonyl (C=O) groups excluding carboxylic acids is 1. The summed E-state index contributed by atoms with van der Waals surface area (Å²) < 4.78 is 33.9. The van der Waals surface area contributed by atoms with E-state index >= 15 is 0 Å². The fourth-order valence-corrected chi connectivity index (χ4v) is 3.32. The molecule has 1 amide bonds. The smallest absolute Gasteiger partial charge is 0.251 e. The van der Waals surface area contributed by atoms with E-state index in [1.165, 1.54) is 0 Å². The second-order valence-corrected chi connectivity index (χ2v) is 6.48. The molecule has 144 valence electrons. The Balaban J connectivity index is 1.55. The molecule has 8 heteroatoms. The van der Waals surface area contributed by atoms with Gasteiger partial charge in [0.05, 0.1) is 24.0 Å². The molecule has 28 heavy (non-hydrogen) atoms. The fraction of sp³-hybridized carbons (Fsp3) is 0.250. The molecule has 0 fully saturated rings. The molecule has 1 aliphatic rings. The lowest BCUT2D eigenvalue weighted by Gasteiger charge is -2.13. The van der Waals surface area contributed by atoms with E-state index in [-0.39, 0.29) is 11.6 Å². The molecule has 6 nitrogen and oxygen atoms in total. The first-order valence-electron chi connectivity index (χ1n) is 8.98. The molecule has 0 bridgehead atoms. The van der Waals surface area contributed by atoms with Crippen molar-refractivity contribution in [2.24, 2.45) is 0 Å². The van der Waals surface area contributed by atoms with E-state index in [9.17, 15) is 13.6 Å². The van der Waals surface area contributed by atoms with Gasteiger partial charge in [-0.25, -0.2) is 18.4 Å². The van der Waals surface area contributed by atoms with E-state index in [1.54, 1.807) is 16.9 Å². The zero-order valence-electron chi connectivity index (χ0n) is 15.2. The third kappa shape index (κ3) is 3.58. The highest BCUT2D eigenvalue weighted by molar-refractivity contribution is 5.94. The van der Waals surface area contributed by atoms with E-state index in [4.69, 9.17) is 4.74 Å². The predicted molar refractivity (Wildman–Crippen MR) is 97.4 cm³/mol. The molecule has 0 aliphatic heterocycles. The van der Waals surface area contributed by atoms with Crippen LogP contribution in [0.1, 0.15) is 41.0 Å². The van der Waals surface area contributed by atoms with Crippen molar-refractivity contribution in [3.8, 4) is 11.6 Å². The number of aromatic nitrogens is 3. The van der Waals surface area contributed by atoms with Crippen molar-refractivity contribution in [3.63, 3.8) is 0 Å². The summed E-state index contributed by atoms with van der Waals surface area (Å²) in [4.78, 5) is 16.6. The van der Waals surface area contributed by atoms with Gasteiger partial charge in [0.2, 0.25) is 5.88 Å². The summed E-state index contributed by atoms with van der Waals surface area (Å²) >= 11 is 0. The van der Waals surface area contributed by atoms with E-state index in [1.807, 2.05) is 19.2 Å². The molecule has 1 atom stereocenters. The largest absolute Gasteiger partial charge is 0.478 e. The number of nitrogens with zero attached hydrogens (tertiary/aromatic N) is 3. The van der Waals surface area contributed by atoms with E-state index in [2.05, 4.69) is 15.4 Å². The highest BCUT2D eigenvalue weighted by atomic mass is 19.1. The van der Waals surface area contributed by atoms with Crippen molar-refractivity contribution >= 4 is 5.91 Å². The monoisotopic (exact) mass is 384 g/mol. The summed E-state index contributed by atoms with van der Waals surface area (Å²) in [5.74, 6) is -1.58. The minimum absolute atomic E-state index is 0.0474. The van der Waals surface area contributed by atoms with Crippen molar-refractivity contribution in [2.45, 2.75) is 25.8 Å². The third-order valence-electron chi connectivity index (χ3n) is 4.57. The zero-order valence-corrected chi connectivity index (χ0v) is 15.2. The standard InChI is InChI=1S/C20H18F2N4O2/c1-2-28-19-10-15(5-6-23-19)26-11-16-17(3-4-18(16)25-26)24-20(27)12-7-13(21)9-14(22)8-12/h5-11,17H,2-4H2,1H3,(H,24,27)/t17-/m0/s1. The molecule has 0 spiro atoms. The van der Waals surface area contributed by atoms with Gasteiger partial charge in [-0.1, -0.05) is 0 Å². The van der Waals surface area contributed by atoms with Crippen LogP contribution in [0.4, 0.5) is 8.78 Å². The van der Waals surface area contributed by atoms with E-state index < -0.39 is 17.5 Å². The van der Waals surface area contributed by atoms with Gasteiger partial charge in [0, 0.05) is 35.7 Å². The quantitative estimate of drug-likeness (QED) is 0.732. The molecule has 1 aromatic carbocycles. The Kier molecular flexibility index (Phi) is 4.77. The van der Waals surface area contributed by atoms with Crippen LogP contribution in [0, 0.1) is 11.6 Å². The molecule has 1 N–H and O–H groups in total. The number of pyridine rings is 1. The number of fused-ring (bicyclic) bond motifs is 1. The van der Waals surface area contributed by atoms with Crippen LogP contribution in [-0.2, 0) is 6.42 Å². The summed E-state index contributed by atoms with van der Waals surface area (Å²) in [6, 6.07) is 6.10. The van der Waals surface area contributed by atoms with Crippen LogP contribution in [0.5, 0.6) is 5.88 Å². The van der Waals surface area contributed by atoms with Crippen LogP contribution in [-0.4, -0.2) is 27.3 Å². The van der Waals surface area contributed by atoms with Crippen molar-refractivity contribution in [1.82, 2.24) is 20.1 Å². The van der Waals surface area contributed by atoms with Crippen molar-refractivity contribution in [1.29, 1.82) is 0 Å². The first-order valence-corrected chi connectivity index (χ1v) is 8.98. The van der Waals surface area contributed by atoms with Gasteiger partial charge in [-0.15, -0.1) is 0 Å². The second-order valence-electron chi connectivity index (χ2n) is 6.48. The van der Waals surface area contributed by atoms with Crippen LogP contribution >= 0.6 is 0 Å². The minimum Gasteiger partial charge on any atom is -0.478 e. The lowest BCUT2D eigenvalue weighted by atomic mass is 10.1. The molecule has 0 radical (unpaired) electrons. The van der Waals surface area contributed by atoms with Crippen molar-refractivity contribution in [3.05, 3.63) is 71.2 Å².